The Balaban J connectivity index is 1.96. The zero-order chi connectivity index (χ0) is 14.8. The number of nitrogens with zero attached hydrogens (tertiary/aromatic N) is 1. The summed E-state index contributed by atoms with van der Waals surface area (Å²) in [7, 11) is 2.05. The van der Waals surface area contributed by atoms with E-state index in [9.17, 15) is 0 Å². The van der Waals surface area contributed by atoms with Gasteiger partial charge in [-0.1, -0.05) is 18.2 Å². The summed E-state index contributed by atoms with van der Waals surface area (Å²) in [5.41, 5.74) is 5.77. The van der Waals surface area contributed by atoms with Crippen molar-refractivity contribution in [3.05, 3.63) is 53.2 Å². The Morgan fingerprint density at radius 1 is 1.16 bits per heavy atom. The lowest BCUT2D eigenvalue weighted by atomic mass is 9.91. The van der Waals surface area contributed by atoms with Gasteiger partial charge in [0.15, 0.2) is 6.20 Å². The standard InChI is InChI=1S/C18H20N/c1-12-5-3-4-6-15(12)18-10-16-13-7-8-14(9-13)17(16)11-19(18)2/h3-6,10-11,13-14H,7-9H2,1-2H3/q+1/i13D,14D. The first-order chi connectivity index (χ1) is 9.93. The van der Waals surface area contributed by atoms with Crippen LogP contribution in [0.2, 0.25) is 0 Å². The Bertz CT molecular complexity index is 755. The molecule has 1 fully saturated rings. The molecule has 0 N–H and O–H groups in total. The summed E-state index contributed by atoms with van der Waals surface area (Å²) in [6.07, 6.45) is 4.41. The van der Waals surface area contributed by atoms with Crippen LogP contribution in [-0.4, -0.2) is 0 Å². The molecule has 1 heterocycles. The third-order valence-electron chi connectivity index (χ3n) is 4.61. The van der Waals surface area contributed by atoms with Crippen LogP contribution in [0.1, 0.15) is 50.5 Å². The zero-order valence-corrected chi connectivity index (χ0v) is 11.5. The molecule has 2 bridgehead atoms. The van der Waals surface area contributed by atoms with Crippen LogP contribution in [0.15, 0.2) is 36.5 Å². The number of benzene rings is 1. The highest BCUT2D eigenvalue weighted by molar-refractivity contribution is 5.62. The van der Waals surface area contributed by atoms with Gasteiger partial charge in [0, 0.05) is 19.9 Å². The molecule has 1 saturated carbocycles. The molecule has 0 aliphatic heterocycles. The van der Waals surface area contributed by atoms with Crippen molar-refractivity contribution in [1.29, 1.82) is 0 Å². The van der Waals surface area contributed by atoms with E-state index in [1.54, 1.807) is 0 Å². The van der Waals surface area contributed by atoms with Crippen molar-refractivity contribution in [2.45, 2.75) is 38.0 Å². The number of fused-ring (bicyclic) bond motifs is 5. The Labute approximate surface area is 117 Å². The van der Waals surface area contributed by atoms with Crippen molar-refractivity contribution >= 4 is 0 Å². The quantitative estimate of drug-likeness (QED) is 0.679. The van der Waals surface area contributed by atoms with Crippen LogP contribution in [0.25, 0.3) is 11.3 Å². The summed E-state index contributed by atoms with van der Waals surface area (Å²) < 4.78 is 19.5. The molecule has 0 amide bonds. The normalized spacial score (nSPS) is 32.9. The van der Waals surface area contributed by atoms with Crippen LogP contribution in [0, 0.1) is 6.92 Å². The van der Waals surface area contributed by atoms with E-state index >= 15 is 0 Å². The molecule has 2 aliphatic carbocycles. The fraction of sp³-hybridized carbons (Fsp3) is 0.389. The molecule has 4 rings (SSSR count). The summed E-state index contributed by atoms with van der Waals surface area (Å²) in [6, 6.07) is 10.5. The second-order valence-electron chi connectivity index (χ2n) is 5.80. The molecule has 2 unspecified atom stereocenters. The smallest absolute Gasteiger partial charge is 0.201 e. The summed E-state index contributed by atoms with van der Waals surface area (Å²) >= 11 is 0. The second-order valence-corrected chi connectivity index (χ2v) is 5.80. The summed E-state index contributed by atoms with van der Waals surface area (Å²) in [4.78, 5) is 0. The zero-order valence-electron chi connectivity index (χ0n) is 13.5. The molecule has 1 heteroatoms. The number of aryl methyl sites for hydroxylation is 2. The van der Waals surface area contributed by atoms with Gasteiger partial charge in [-0.25, -0.2) is 4.57 Å². The van der Waals surface area contributed by atoms with Gasteiger partial charge in [-0.15, -0.1) is 0 Å². The minimum absolute atomic E-state index is 0.529. The Hall–Kier alpha value is -1.63. The summed E-state index contributed by atoms with van der Waals surface area (Å²) in [6.45, 7) is 2.12. The summed E-state index contributed by atoms with van der Waals surface area (Å²) in [5, 5.41) is 0. The first kappa shape index (κ1) is 9.30. The fourth-order valence-electron chi connectivity index (χ4n) is 3.55. The number of hydrogen-bond acceptors (Lipinski definition) is 0. The average molecular weight is 252 g/mol. The minimum atomic E-state index is -0.539. The molecule has 1 aromatic heterocycles. The molecular formula is C18H20N+. The van der Waals surface area contributed by atoms with Gasteiger partial charge in [0.05, 0.1) is 0 Å². The van der Waals surface area contributed by atoms with Gasteiger partial charge in [-0.2, -0.15) is 0 Å². The number of pyridine rings is 1. The van der Waals surface area contributed by atoms with Gasteiger partial charge in [0.25, 0.3) is 0 Å². The van der Waals surface area contributed by atoms with E-state index in [1.807, 2.05) is 7.05 Å². The third kappa shape index (κ3) is 1.57. The molecule has 0 spiro atoms. The lowest BCUT2D eigenvalue weighted by Crippen LogP contribution is -2.32. The van der Waals surface area contributed by atoms with Gasteiger partial charge in [-0.05, 0) is 55.2 Å². The molecule has 96 valence electrons. The van der Waals surface area contributed by atoms with E-state index in [4.69, 9.17) is 2.74 Å². The van der Waals surface area contributed by atoms with Gasteiger partial charge in [-0.3, -0.25) is 0 Å². The fourth-order valence-corrected chi connectivity index (χ4v) is 3.55. The molecular weight excluding hydrogens is 230 g/mol. The first-order valence-corrected chi connectivity index (χ1v) is 7.04. The highest BCUT2D eigenvalue weighted by Crippen LogP contribution is 2.52. The lowest BCUT2D eigenvalue weighted by molar-refractivity contribution is -0.660. The van der Waals surface area contributed by atoms with Crippen molar-refractivity contribution in [3.8, 4) is 11.3 Å². The van der Waals surface area contributed by atoms with Crippen LogP contribution in [0.4, 0.5) is 0 Å². The molecule has 2 aromatic rings. The van der Waals surface area contributed by atoms with Crippen molar-refractivity contribution in [3.63, 3.8) is 0 Å². The van der Waals surface area contributed by atoms with Gasteiger partial charge < -0.3 is 0 Å². The maximum absolute atomic E-state index is 8.73. The van der Waals surface area contributed by atoms with Gasteiger partial charge in [0.2, 0.25) is 5.69 Å². The van der Waals surface area contributed by atoms with E-state index in [-0.39, 0.29) is 0 Å². The van der Waals surface area contributed by atoms with E-state index in [0.29, 0.717) is 6.42 Å². The van der Waals surface area contributed by atoms with Crippen molar-refractivity contribution in [2.75, 3.05) is 0 Å². The molecule has 2 aliphatic rings. The van der Waals surface area contributed by atoms with Crippen LogP contribution < -0.4 is 4.57 Å². The van der Waals surface area contributed by atoms with E-state index < -0.39 is 11.8 Å². The highest BCUT2D eigenvalue weighted by atomic mass is 14.9. The number of rotatable bonds is 1. The largest absolute Gasteiger partial charge is 0.212 e. The third-order valence-corrected chi connectivity index (χ3v) is 4.61. The first-order valence-electron chi connectivity index (χ1n) is 8.04. The molecule has 0 saturated heterocycles. The second kappa shape index (κ2) is 3.93. The minimum Gasteiger partial charge on any atom is -0.201 e. The van der Waals surface area contributed by atoms with E-state index in [1.165, 1.54) is 11.1 Å². The average Bonchev–Trinajstić information content (AvgIpc) is 2.87. The van der Waals surface area contributed by atoms with Crippen molar-refractivity contribution in [1.82, 2.24) is 0 Å². The Morgan fingerprint density at radius 2 is 1.89 bits per heavy atom. The van der Waals surface area contributed by atoms with Crippen LogP contribution >= 0.6 is 0 Å². The van der Waals surface area contributed by atoms with Crippen LogP contribution in [-0.2, 0) is 7.05 Å². The monoisotopic (exact) mass is 252 g/mol. The predicted octanol–water partition coefficient (Wildman–Crippen LogP) is 3.85. The molecule has 1 aromatic carbocycles. The van der Waals surface area contributed by atoms with Crippen LogP contribution in [0.5, 0.6) is 0 Å². The van der Waals surface area contributed by atoms with Crippen molar-refractivity contribution < 1.29 is 7.31 Å². The SMILES string of the molecule is [2H]C12CCC([2H])(C1)c1c[n+](C)c(-c3ccccc3C)cc12. The molecule has 2 atom stereocenters. The van der Waals surface area contributed by atoms with Gasteiger partial charge >= 0.3 is 0 Å². The van der Waals surface area contributed by atoms with Gasteiger partial charge in [0.1, 0.15) is 7.05 Å². The molecule has 0 radical (unpaired) electrons. The topological polar surface area (TPSA) is 3.88 Å². The predicted molar refractivity (Wildman–Crippen MR) is 77.1 cm³/mol. The Kier molecular flexibility index (Phi) is 1.92. The maximum Gasteiger partial charge on any atom is 0.212 e. The number of hydrogen-bond donors (Lipinski definition) is 0. The lowest BCUT2D eigenvalue weighted by Gasteiger charge is -2.15. The summed E-state index contributed by atoms with van der Waals surface area (Å²) in [5.74, 6) is -1.07. The molecule has 1 nitrogen and oxygen atoms in total. The highest BCUT2D eigenvalue weighted by Gasteiger charge is 2.39. The van der Waals surface area contributed by atoms with E-state index in [0.717, 1.165) is 29.7 Å². The number of aromatic nitrogens is 1. The van der Waals surface area contributed by atoms with Crippen LogP contribution in [0.3, 0.4) is 0 Å². The van der Waals surface area contributed by atoms with E-state index in [2.05, 4.69) is 48.0 Å². The Morgan fingerprint density at radius 3 is 2.68 bits per heavy atom. The molecule has 19 heavy (non-hydrogen) atoms. The maximum atomic E-state index is 8.73. The van der Waals surface area contributed by atoms with Crippen molar-refractivity contribution in [2.24, 2.45) is 7.05 Å².